The maximum atomic E-state index is 12.6. The molecule has 3 aromatic rings. The molecule has 30 heavy (non-hydrogen) atoms. The summed E-state index contributed by atoms with van der Waals surface area (Å²) in [6, 6.07) is 19.0. The molecule has 3 rings (SSSR count). The molecule has 1 amide bonds. The fourth-order valence-corrected chi connectivity index (χ4v) is 3.72. The van der Waals surface area contributed by atoms with Crippen LogP contribution in [0.1, 0.15) is 15.9 Å². The van der Waals surface area contributed by atoms with Crippen LogP contribution in [-0.4, -0.2) is 27.6 Å². The first-order valence-corrected chi connectivity index (χ1v) is 10.6. The van der Waals surface area contributed by atoms with Crippen LogP contribution in [0.4, 0.5) is 5.69 Å². The second-order valence-corrected chi connectivity index (χ2v) is 8.23. The zero-order valence-electron chi connectivity index (χ0n) is 15.9. The van der Waals surface area contributed by atoms with Crippen LogP contribution in [0.15, 0.2) is 82.8 Å². The molecular formula is C21H18ClN3O4S. The molecule has 0 fully saturated rings. The van der Waals surface area contributed by atoms with Crippen molar-refractivity contribution in [3.05, 3.63) is 88.9 Å². The van der Waals surface area contributed by atoms with E-state index in [2.05, 4.69) is 15.2 Å². The molecule has 3 aromatic carbocycles. The number of ether oxygens (including phenoxy) is 1. The Kier molecular flexibility index (Phi) is 6.71. The molecule has 0 aliphatic rings. The van der Waals surface area contributed by atoms with Crippen molar-refractivity contribution in [2.75, 3.05) is 11.8 Å². The number of nitrogens with zero attached hydrogens (tertiary/aromatic N) is 1. The number of benzene rings is 3. The summed E-state index contributed by atoms with van der Waals surface area (Å²) < 4.78 is 32.8. The summed E-state index contributed by atoms with van der Waals surface area (Å²) in [5, 5.41) is 4.40. The highest BCUT2D eigenvalue weighted by atomic mass is 35.5. The smallest absolute Gasteiger partial charge is 0.271 e. The Labute approximate surface area is 179 Å². The highest BCUT2D eigenvalue weighted by Crippen LogP contribution is 2.19. The lowest BCUT2D eigenvalue weighted by Gasteiger charge is -2.09. The molecule has 9 heteroatoms. The first kappa shape index (κ1) is 21.4. The molecule has 2 N–H and O–H groups in total. The van der Waals surface area contributed by atoms with Crippen molar-refractivity contribution in [1.82, 2.24) is 5.43 Å². The van der Waals surface area contributed by atoms with E-state index >= 15 is 0 Å². The normalized spacial score (nSPS) is 11.3. The summed E-state index contributed by atoms with van der Waals surface area (Å²) in [6.45, 7) is 0. The quantitative estimate of drug-likeness (QED) is 0.427. The number of hydrazone groups is 1. The number of carbonyl (C=O) groups is 1. The van der Waals surface area contributed by atoms with Gasteiger partial charge in [-0.3, -0.25) is 9.52 Å². The average molecular weight is 444 g/mol. The summed E-state index contributed by atoms with van der Waals surface area (Å²) in [6.07, 6.45) is 1.46. The minimum absolute atomic E-state index is 0.0538. The predicted molar refractivity (Wildman–Crippen MR) is 117 cm³/mol. The van der Waals surface area contributed by atoms with Gasteiger partial charge in [0, 0.05) is 16.3 Å². The number of hydrogen-bond donors (Lipinski definition) is 2. The van der Waals surface area contributed by atoms with Crippen molar-refractivity contribution in [3.63, 3.8) is 0 Å². The van der Waals surface area contributed by atoms with Gasteiger partial charge in [0.05, 0.1) is 18.2 Å². The molecule has 154 valence electrons. The number of amides is 1. The van der Waals surface area contributed by atoms with Gasteiger partial charge in [0.25, 0.3) is 15.9 Å². The summed E-state index contributed by atoms with van der Waals surface area (Å²) in [5.41, 5.74) is 3.62. The Balaban J connectivity index is 1.71. The summed E-state index contributed by atoms with van der Waals surface area (Å²) >= 11 is 5.81. The number of anilines is 1. The van der Waals surface area contributed by atoms with Gasteiger partial charge in [-0.1, -0.05) is 29.8 Å². The third-order valence-electron chi connectivity index (χ3n) is 3.98. The van der Waals surface area contributed by atoms with E-state index in [0.717, 1.165) is 5.56 Å². The Morgan fingerprint density at radius 1 is 1.03 bits per heavy atom. The van der Waals surface area contributed by atoms with Crippen LogP contribution in [-0.2, 0) is 10.0 Å². The topological polar surface area (TPSA) is 96.9 Å². The second-order valence-electron chi connectivity index (χ2n) is 6.12. The van der Waals surface area contributed by atoms with E-state index in [9.17, 15) is 13.2 Å². The van der Waals surface area contributed by atoms with E-state index in [1.54, 1.807) is 55.6 Å². The molecule has 7 nitrogen and oxygen atoms in total. The SMILES string of the molecule is COc1cccc(/C=N/NC(=O)c2cccc(S(=O)(=O)Nc3ccc(Cl)cc3)c2)c1. The maximum absolute atomic E-state index is 12.6. The third-order valence-corrected chi connectivity index (χ3v) is 5.61. The van der Waals surface area contributed by atoms with Crippen LogP contribution in [0.2, 0.25) is 5.02 Å². The van der Waals surface area contributed by atoms with Gasteiger partial charge in [0.15, 0.2) is 0 Å². The lowest BCUT2D eigenvalue weighted by molar-refractivity contribution is 0.0955. The molecule has 0 spiro atoms. The Bertz CT molecular complexity index is 1180. The number of carbonyl (C=O) groups excluding carboxylic acids is 1. The first-order valence-electron chi connectivity index (χ1n) is 8.73. The molecule has 0 unspecified atom stereocenters. The van der Waals surface area contributed by atoms with Crippen molar-refractivity contribution < 1.29 is 17.9 Å². The number of methoxy groups -OCH3 is 1. The largest absolute Gasteiger partial charge is 0.497 e. The molecule has 0 saturated heterocycles. The fourth-order valence-electron chi connectivity index (χ4n) is 2.49. The number of hydrogen-bond acceptors (Lipinski definition) is 5. The van der Waals surface area contributed by atoms with Gasteiger partial charge >= 0.3 is 0 Å². The van der Waals surface area contributed by atoms with Gasteiger partial charge in [-0.25, -0.2) is 13.8 Å². The first-order chi connectivity index (χ1) is 14.4. The summed E-state index contributed by atoms with van der Waals surface area (Å²) in [5.74, 6) is 0.120. The molecule has 0 aromatic heterocycles. The van der Waals surface area contributed by atoms with Crippen molar-refractivity contribution in [2.24, 2.45) is 5.10 Å². The van der Waals surface area contributed by atoms with Crippen molar-refractivity contribution in [3.8, 4) is 5.75 Å². The van der Waals surface area contributed by atoms with Gasteiger partial charge < -0.3 is 4.74 Å². The van der Waals surface area contributed by atoms with Gasteiger partial charge in [-0.05, 0) is 60.2 Å². The maximum Gasteiger partial charge on any atom is 0.271 e. The highest BCUT2D eigenvalue weighted by molar-refractivity contribution is 7.92. The van der Waals surface area contributed by atoms with Crippen LogP contribution in [0.25, 0.3) is 0 Å². The van der Waals surface area contributed by atoms with E-state index in [-0.39, 0.29) is 10.5 Å². The van der Waals surface area contributed by atoms with E-state index in [1.807, 2.05) is 0 Å². The predicted octanol–water partition coefficient (Wildman–Crippen LogP) is 3.91. The Morgan fingerprint density at radius 3 is 2.50 bits per heavy atom. The molecule has 0 heterocycles. The molecule has 0 bridgehead atoms. The molecule has 0 radical (unpaired) electrons. The molecular weight excluding hydrogens is 426 g/mol. The monoisotopic (exact) mass is 443 g/mol. The van der Waals surface area contributed by atoms with E-state index in [4.69, 9.17) is 16.3 Å². The zero-order valence-corrected chi connectivity index (χ0v) is 17.4. The number of rotatable bonds is 7. The Morgan fingerprint density at radius 2 is 1.77 bits per heavy atom. The number of halogens is 1. The van der Waals surface area contributed by atoms with E-state index < -0.39 is 15.9 Å². The zero-order chi connectivity index (χ0) is 21.6. The van der Waals surface area contributed by atoms with Crippen LogP contribution in [0, 0.1) is 0 Å². The number of nitrogens with one attached hydrogen (secondary N) is 2. The van der Waals surface area contributed by atoms with Gasteiger partial charge in [0.1, 0.15) is 5.75 Å². The van der Waals surface area contributed by atoms with E-state index in [0.29, 0.717) is 16.5 Å². The number of sulfonamides is 1. The molecule has 0 aliphatic heterocycles. The van der Waals surface area contributed by atoms with Crippen LogP contribution < -0.4 is 14.9 Å². The molecule has 0 saturated carbocycles. The van der Waals surface area contributed by atoms with Crippen LogP contribution in [0.3, 0.4) is 0 Å². The minimum atomic E-state index is -3.88. The fraction of sp³-hybridized carbons (Fsp3) is 0.0476. The van der Waals surface area contributed by atoms with Crippen molar-refractivity contribution in [1.29, 1.82) is 0 Å². The molecule has 0 atom stereocenters. The Hall–Kier alpha value is -3.36. The highest BCUT2D eigenvalue weighted by Gasteiger charge is 2.16. The van der Waals surface area contributed by atoms with Crippen LogP contribution >= 0.6 is 11.6 Å². The third kappa shape index (κ3) is 5.59. The second kappa shape index (κ2) is 9.43. The van der Waals surface area contributed by atoms with Gasteiger partial charge in [-0.15, -0.1) is 0 Å². The standard InChI is InChI=1S/C21H18ClN3O4S/c1-29-19-6-2-4-15(12-19)14-23-24-21(26)16-5-3-7-20(13-16)30(27,28)25-18-10-8-17(22)9-11-18/h2-14,25H,1H3,(H,24,26)/b23-14+. The molecule has 0 aliphatic carbocycles. The summed E-state index contributed by atoms with van der Waals surface area (Å²) in [7, 11) is -2.32. The van der Waals surface area contributed by atoms with Crippen molar-refractivity contribution >= 4 is 39.4 Å². The van der Waals surface area contributed by atoms with E-state index in [1.165, 1.54) is 30.5 Å². The van der Waals surface area contributed by atoms with Crippen LogP contribution in [0.5, 0.6) is 5.75 Å². The summed E-state index contributed by atoms with van der Waals surface area (Å²) in [4.78, 5) is 12.3. The lowest BCUT2D eigenvalue weighted by atomic mass is 10.2. The average Bonchev–Trinajstić information content (AvgIpc) is 2.75. The van der Waals surface area contributed by atoms with Gasteiger partial charge in [-0.2, -0.15) is 5.10 Å². The lowest BCUT2D eigenvalue weighted by Crippen LogP contribution is -2.19. The van der Waals surface area contributed by atoms with Gasteiger partial charge in [0.2, 0.25) is 0 Å². The van der Waals surface area contributed by atoms with Crippen molar-refractivity contribution in [2.45, 2.75) is 4.90 Å². The minimum Gasteiger partial charge on any atom is -0.497 e.